The van der Waals surface area contributed by atoms with Gasteiger partial charge in [0.05, 0.1) is 5.56 Å². The summed E-state index contributed by atoms with van der Waals surface area (Å²) in [5, 5.41) is 0. The summed E-state index contributed by atoms with van der Waals surface area (Å²) in [7, 11) is 2.08. The molecule has 1 aromatic carbocycles. The molecule has 0 aliphatic carbocycles. The van der Waals surface area contributed by atoms with Crippen LogP contribution < -0.4 is 4.74 Å². The summed E-state index contributed by atoms with van der Waals surface area (Å²) in [4.78, 5) is 13.8. The quantitative estimate of drug-likeness (QED) is 0.787. The minimum Gasteiger partial charge on any atom is -0.490 e. The lowest BCUT2D eigenvalue weighted by Crippen LogP contribution is -2.35. The maximum atomic E-state index is 13.5. The first-order valence-corrected chi connectivity index (χ1v) is 6.63. The van der Waals surface area contributed by atoms with Gasteiger partial charge in [-0.2, -0.15) is 0 Å². The molecule has 0 spiro atoms. The number of ketones is 1. The highest BCUT2D eigenvalue weighted by atomic mass is 19.1. The van der Waals surface area contributed by atoms with Gasteiger partial charge in [-0.05, 0) is 51.4 Å². The first kappa shape index (κ1) is 14.0. The van der Waals surface area contributed by atoms with Crippen LogP contribution in [-0.4, -0.2) is 36.9 Å². The van der Waals surface area contributed by atoms with E-state index in [2.05, 4.69) is 11.9 Å². The largest absolute Gasteiger partial charge is 0.490 e. The fourth-order valence-corrected chi connectivity index (χ4v) is 2.31. The first-order valence-electron chi connectivity index (χ1n) is 6.63. The molecule has 2 rings (SSSR count). The molecule has 0 unspecified atom stereocenters. The second-order valence-electron chi connectivity index (χ2n) is 5.27. The first-order chi connectivity index (χ1) is 8.97. The number of ether oxygens (including phenoxy) is 1. The van der Waals surface area contributed by atoms with Crippen LogP contribution in [0.15, 0.2) is 12.1 Å². The fraction of sp³-hybridized carbons (Fsp3) is 0.533. The maximum absolute atomic E-state index is 13.5. The van der Waals surface area contributed by atoms with E-state index in [1.807, 2.05) is 0 Å². The molecule has 0 N–H and O–H groups in total. The van der Waals surface area contributed by atoms with E-state index < -0.39 is 0 Å². The van der Waals surface area contributed by atoms with Gasteiger partial charge in [-0.1, -0.05) is 0 Å². The summed E-state index contributed by atoms with van der Waals surface area (Å²) in [5.41, 5.74) is 0.843. The second kappa shape index (κ2) is 5.70. The van der Waals surface area contributed by atoms with Gasteiger partial charge >= 0.3 is 0 Å². The zero-order valence-corrected chi connectivity index (χ0v) is 11.7. The van der Waals surface area contributed by atoms with Crippen molar-refractivity contribution in [2.75, 3.05) is 20.1 Å². The van der Waals surface area contributed by atoms with Crippen molar-refractivity contribution in [2.45, 2.75) is 32.8 Å². The van der Waals surface area contributed by atoms with Gasteiger partial charge < -0.3 is 9.64 Å². The van der Waals surface area contributed by atoms with E-state index in [9.17, 15) is 9.18 Å². The van der Waals surface area contributed by atoms with Crippen LogP contribution in [0.3, 0.4) is 0 Å². The lowest BCUT2D eigenvalue weighted by Gasteiger charge is -2.29. The van der Waals surface area contributed by atoms with Gasteiger partial charge in [0.1, 0.15) is 17.7 Å². The lowest BCUT2D eigenvalue weighted by atomic mass is 10.1. The Labute approximate surface area is 113 Å². The molecule has 4 heteroatoms. The number of hydrogen-bond donors (Lipinski definition) is 0. The third-order valence-electron chi connectivity index (χ3n) is 3.60. The van der Waals surface area contributed by atoms with Crippen molar-refractivity contribution in [2.24, 2.45) is 0 Å². The predicted octanol–water partition coefficient (Wildman–Crippen LogP) is 2.81. The summed E-state index contributed by atoms with van der Waals surface area (Å²) in [6.45, 7) is 5.09. The third kappa shape index (κ3) is 3.32. The molecule has 1 aliphatic heterocycles. The van der Waals surface area contributed by atoms with E-state index in [0.717, 1.165) is 25.9 Å². The van der Waals surface area contributed by atoms with Crippen LogP contribution in [-0.2, 0) is 0 Å². The topological polar surface area (TPSA) is 29.5 Å². The third-order valence-corrected chi connectivity index (χ3v) is 3.60. The van der Waals surface area contributed by atoms with Crippen molar-refractivity contribution in [3.63, 3.8) is 0 Å². The summed E-state index contributed by atoms with van der Waals surface area (Å²) in [6, 6.07) is 2.91. The van der Waals surface area contributed by atoms with E-state index in [1.165, 1.54) is 13.0 Å². The summed E-state index contributed by atoms with van der Waals surface area (Å²) < 4.78 is 19.5. The highest BCUT2D eigenvalue weighted by molar-refractivity contribution is 5.96. The lowest BCUT2D eigenvalue weighted by molar-refractivity contribution is 0.0980. The van der Waals surface area contributed by atoms with Crippen LogP contribution >= 0.6 is 0 Å². The van der Waals surface area contributed by atoms with Gasteiger partial charge in [-0.25, -0.2) is 4.39 Å². The van der Waals surface area contributed by atoms with Crippen molar-refractivity contribution in [3.05, 3.63) is 29.1 Å². The van der Waals surface area contributed by atoms with Crippen LogP contribution in [0.4, 0.5) is 4.39 Å². The Bertz CT molecular complexity index is 479. The average Bonchev–Trinajstić information content (AvgIpc) is 2.36. The van der Waals surface area contributed by atoms with Crippen molar-refractivity contribution in [1.82, 2.24) is 4.90 Å². The number of carbonyl (C=O) groups is 1. The number of rotatable bonds is 3. The molecule has 1 aromatic rings. The fourth-order valence-electron chi connectivity index (χ4n) is 2.31. The number of benzene rings is 1. The van der Waals surface area contributed by atoms with E-state index in [1.54, 1.807) is 13.0 Å². The van der Waals surface area contributed by atoms with Crippen molar-refractivity contribution >= 4 is 5.78 Å². The molecule has 1 aliphatic rings. The number of halogens is 1. The summed E-state index contributed by atoms with van der Waals surface area (Å²) >= 11 is 0. The van der Waals surface area contributed by atoms with E-state index >= 15 is 0 Å². The molecule has 1 heterocycles. The Hall–Kier alpha value is -1.42. The number of piperidine rings is 1. The van der Waals surface area contributed by atoms with Crippen LogP contribution in [0.2, 0.25) is 0 Å². The number of aryl methyl sites for hydroxylation is 1. The maximum Gasteiger partial charge on any atom is 0.163 e. The van der Waals surface area contributed by atoms with Gasteiger partial charge in [-0.15, -0.1) is 0 Å². The molecule has 0 bridgehead atoms. The molecule has 104 valence electrons. The number of likely N-dealkylation sites (tertiary alicyclic amines) is 1. The Balaban J connectivity index is 2.19. The highest BCUT2D eigenvalue weighted by Crippen LogP contribution is 2.26. The second-order valence-corrected chi connectivity index (χ2v) is 5.27. The Morgan fingerprint density at radius 2 is 2.00 bits per heavy atom. The summed E-state index contributed by atoms with van der Waals surface area (Å²) in [5.74, 6) is -0.0105. The zero-order valence-electron chi connectivity index (χ0n) is 11.7. The van der Waals surface area contributed by atoms with Gasteiger partial charge in [-0.3, -0.25) is 4.79 Å². The molecule has 0 saturated carbocycles. The van der Waals surface area contributed by atoms with Gasteiger partial charge in [0.25, 0.3) is 0 Å². The number of hydrogen-bond acceptors (Lipinski definition) is 3. The van der Waals surface area contributed by atoms with Crippen LogP contribution in [0.5, 0.6) is 5.75 Å². The highest BCUT2D eigenvalue weighted by Gasteiger charge is 2.21. The Morgan fingerprint density at radius 1 is 1.37 bits per heavy atom. The monoisotopic (exact) mass is 265 g/mol. The Kier molecular flexibility index (Phi) is 4.20. The van der Waals surface area contributed by atoms with E-state index in [0.29, 0.717) is 16.9 Å². The van der Waals surface area contributed by atoms with Gasteiger partial charge in [0.15, 0.2) is 5.78 Å². The number of nitrogens with zero attached hydrogens (tertiary/aromatic N) is 1. The van der Waals surface area contributed by atoms with Crippen LogP contribution in [0.1, 0.15) is 35.7 Å². The predicted molar refractivity (Wildman–Crippen MR) is 72.3 cm³/mol. The normalized spacial score (nSPS) is 17.5. The SMILES string of the molecule is CC(=O)c1cc(F)c(C)cc1OC1CCN(C)CC1. The zero-order chi connectivity index (χ0) is 14.0. The molecule has 1 fully saturated rings. The molecule has 0 radical (unpaired) electrons. The van der Waals surface area contributed by atoms with Crippen molar-refractivity contribution < 1.29 is 13.9 Å². The number of carbonyl (C=O) groups excluding carboxylic acids is 1. The van der Waals surface area contributed by atoms with Crippen LogP contribution in [0, 0.1) is 12.7 Å². The smallest absolute Gasteiger partial charge is 0.163 e. The van der Waals surface area contributed by atoms with Crippen molar-refractivity contribution in [3.8, 4) is 5.75 Å². The minimum atomic E-state index is -0.360. The molecular formula is C15H20FNO2. The molecule has 1 saturated heterocycles. The van der Waals surface area contributed by atoms with Crippen molar-refractivity contribution in [1.29, 1.82) is 0 Å². The molecule has 19 heavy (non-hydrogen) atoms. The van der Waals surface area contributed by atoms with Gasteiger partial charge in [0.2, 0.25) is 0 Å². The van der Waals surface area contributed by atoms with E-state index in [4.69, 9.17) is 4.74 Å². The summed E-state index contributed by atoms with van der Waals surface area (Å²) in [6.07, 6.45) is 1.98. The molecule has 3 nitrogen and oxygen atoms in total. The van der Waals surface area contributed by atoms with E-state index in [-0.39, 0.29) is 17.7 Å². The minimum absolute atomic E-state index is 0.110. The molecular weight excluding hydrogens is 245 g/mol. The molecule has 0 amide bonds. The molecule has 0 aromatic heterocycles. The number of Topliss-reactive ketones (excluding diaryl/α,β-unsaturated/α-hetero) is 1. The van der Waals surface area contributed by atoms with Crippen LogP contribution in [0.25, 0.3) is 0 Å². The van der Waals surface area contributed by atoms with Gasteiger partial charge in [0, 0.05) is 13.1 Å². The Morgan fingerprint density at radius 3 is 2.58 bits per heavy atom. The molecule has 0 atom stereocenters. The standard InChI is InChI=1S/C15H20FNO2/c1-10-8-15(13(11(2)18)9-14(10)16)19-12-4-6-17(3)7-5-12/h8-9,12H,4-7H2,1-3H3. The average molecular weight is 265 g/mol.